The van der Waals surface area contributed by atoms with Crippen molar-refractivity contribution in [1.82, 2.24) is 20.4 Å². The summed E-state index contributed by atoms with van der Waals surface area (Å²) in [6, 6.07) is 19.0. The van der Waals surface area contributed by atoms with Gasteiger partial charge in [-0.05, 0) is 96.3 Å². The first-order valence-electron chi connectivity index (χ1n) is 22.4. The number of ether oxygens (including phenoxy) is 1. The Morgan fingerprint density at radius 2 is 1.82 bits per heavy atom. The number of amides is 5. The van der Waals surface area contributed by atoms with Crippen LogP contribution in [-0.2, 0) is 26.3 Å². The lowest BCUT2D eigenvalue weighted by atomic mass is 9.63. The molecule has 0 radical (unpaired) electrons. The van der Waals surface area contributed by atoms with Crippen LogP contribution in [0, 0.1) is 29.0 Å². The van der Waals surface area contributed by atoms with Gasteiger partial charge in [-0.3, -0.25) is 29.3 Å². The Balaban J connectivity index is 0.938. The molecular formula is C51H51Cl2FN6O6. The summed E-state index contributed by atoms with van der Waals surface area (Å²) in [5.41, 5.74) is 3.82. The summed E-state index contributed by atoms with van der Waals surface area (Å²) in [5.74, 6) is 3.83. The van der Waals surface area contributed by atoms with Crippen molar-refractivity contribution >= 4 is 64.1 Å². The van der Waals surface area contributed by atoms with Crippen molar-refractivity contribution in [1.29, 1.82) is 0 Å². The second kappa shape index (κ2) is 17.7. The fourth-order valence-corrected chi connectivity index (χ4v) is 11.1. The standard InChI is InChI=1S/C51H51Cl2FN6O6/c1-50(2,3)24-41-51(27-55-38-23-31(52)16-17-35(38)51)43(33-11-6-12-36(53)44(33)54)45(57-41)47(63)56-37-18-15-30(22-40(37)66-4)48(64)59-21-7-8-28(25-59)13-14-29-9-5-10-32-34(29)26-60(49(32)65)39-19-20-42(61)58-46(39)62/h5-6,9-12,15-18,22-23,28,39,41,43,45,55,57H,7-8,19-21,24-27H2,1-4H3,(H,56,63)(H,58,61,62)/t28-,39?,41+,43+,45-,51+/m1/s1. The molecule has 4 aromatic carbocycles. The molecule has 6 atom stereocenters. The van der Waals surface area contributed by atoms with Crippen molar-refractivity contribution in [3.63, 3.8) is 0 Å². The average molecular weight is 934 g/mol. The van der Waals surface area contributed by atoms with Crippen molar-refractivity contribution in [2.75, 3.05) is 37.4 Å². The molecule has 0 saturated carbocycles. The molecule has 5 aliphatic rings. The minimum absolute atomic E-state index is 0.0329. The number of fused-ring (bicyclic) bond motifs is 3. The number of benzene rings is 4. The number of imide groups is 1. The Morgan fingerprint density at radius 1 is 1.02 bits per heavy atom. The molecule has 3 saturated heterocycles. The van der Waals surface area contributed by atoms with E-state index in [-0.39, 0.29) is 65.3 Å². The van der Waals surface area contributed by atoms with Crippen molar-refractivity contribution in [3.05, 3.63) is 122 Å². The second-order valence-corrected chi connectivity index (χ2v) is 20.0. The largest absolute Gasteiger partial charge is 0.495 e. The highest BCUT2D eigenvalue weighted by Gasteiger charge is 2.61. The minimum atomic E-state index is -0.909. The van der Waals surface area contributed by atoms with Gasteiger partial charge in [0.15, 0.2) is 0 Å². The number of nitrogens with one attached hydrogen (secondary N) is 4. The average Bonchev–Trinajstić information content (AvgIpc) is 3.94. The molecule has 15 heteroatoms. The zero-order chi connectivity index (χ0) is 46.7. The predicted octanol–water partition coefficient (Wildman–Crippen LogP) is 7.67. The summed E-state index contributed by atoms with van der Waals surface area (Å²) in [6.07, 6.45) is 2.63. The van der Waals surface area contributed by atoms with E-state index in [4.69, 9.17) is 27.9 Å². The third-order valence-corrected chi connectivity index (χ3v) is 14.3. The van der Waals surface area contributed by atoms with Crippen LogP contribution in [0.15, 0.2) is 72.8 Å². The summed E-state index contributed by atoms with van der Waals surface area (Å²) >= 11 is 12.9. The van der Waals surface area contributed by atoms with Gasteiger partial charge in [0.1, 0.15) is 17.6 Å². The zero-order valence-corrected chi connectivity index (χ0v) is 38.7. The number of nitrogens with zero attached hydrogens (tertiary/aromatic N) is 2. The summed E-state index contributed by atoms with van der Waals surface area (Å²) < 4.78 is 22.1. The quantitative estimate of drug-likeness (QED) is 0.109. The number of hydrogen-bond donors (Lipinski definition) is 4. The van der Waals surface area contributed by atoms with Crippen molar-refractivity contribution in [2.45, 2.75) is 88.9 Å². The van der Waals surface area contributed by atoms with E-state index in [9.17, 15) is 24.0 Å². The third kappa shape index (κ3) is 8.28. The molecule has 5 amide bonds. The molecule has 5 heterocycles. The van der Waals surface area contributed by atoms with Crippen molar-refractivity contribution < 1.29 is 33.1 Å². The Labute approximate surface area is 393 Å². The molecule has 0 aliphatic carbocycles. The number of hydrogen-bond acceptors (Lipinski definition) is 8. The number of anilines is 2. The molecule has 342 valence electrons. The highest BCUT2D eigenvalue weighted by Crippen LogP contribution is 2.57. The van der Waals surface area contributed by atoms with Crippen LogP contribution >= 0.6 is 23.2 Å². The second-order valence-electron chi connectivity index (χ2n) is 19.2. The zero-order valence-electron chi connectivity index (χ0n) is 37.2. The topological polar surface area (TPSA) is 149 Å². The highest BCUT2D eigenvalue weighted by atomic mass is 35.5. The van der Waals surface area contributed by atoms with Crippen molar-refractivity contribution in [3.8, 4) is 17.6 Å². The van der Waals surface area contributed by atoms with Gasteiger partial charge in [0, 0.05) is 83.3 Å². The van der Waals surface area contributed by atoms with Gasteiger partial charge in [0.2, 0.25) is 17.7 Å². The maximum absolute atomic E-state index is 16.3. The van der Waals surface area contributed by atoms with E-state index in [1.54, 1.807) is 47.4 Å². The summed E-state index contributed by atoms with van der Waals surface area (Å²) in [6.45, 7) is 7.99. The van der Waals surface area contributed by atoms with E-state index in [0.717, 1.165) is 29.7 Å². The first-order valence-corrected chi connectivity index (χ1v) is 23.1. The molecule has 66 heavy (non-hydrogen) atoms. The van der Waals surface area contributed by atoms with Gasteiger partial charge >= 0.3 is 0 Å². The van der Waals surface area contributed by atoms with Crippen LogP contribution in [0.1, 0.15) is 102 Å². The van der Waals surface area contributed by atoms with Gasteiger partial charge < -0.3 is 30.5 Å². The molecule has 5 aliphatic heterocycles. The molecule has 1 unspecified atom stereocenters. The maximum Gasteiger partial charge on any atom is 0.255 e. The van der Waals surface area contributed by atoms with E-state index in [1.165, 1.54) is 18.1 Å². The molecule has 0 bridgehead atoms. The smallest absolute Gasteiger partial charge is 0.255 e. The van der Waals surface area contributed by atoms with E-state index < -0.39 is 41.0 Å². The fraction of sp³-hybridized carbons (Fsp3) is 0.392. The molecule has 4 aromatic rings. The normalized spacial score (nSPS) is 24.6. The van der Waals surface area contributed by atoms with Crippen LogP contribution in [-0.4, -0.2) is 84.2 Å². The Morgan fingerprint density at radius 3 is 2.59 bits per heavy atom. The number of carbonyl (C=O) groups excluding carboxylic acids is 5. The predicted molar refractivity (Wildman–Crippen MR) is 250 cm³/mol. The van der Waals surface area contributed by atoms with Crippen LogP contribution < -0.4 is 26.0 Å². The lowest BCUT2D eigenvalue weighted by Crippen LogP contribution is -2.52. The lowest BCUT2D eigenvalue weighted by molar-refractivity contribution is -0.137. The van der Waals surface area contributed by atoms with E-state index in [2.05, 4.69) is 53.9 Å². The Hall–Kier alpha value is -5.94. The number of rotatable bonds is 7. The highest BCUT2D eigenvalue weighted by molar-refractivity contribution is 6.31. The van der Waals surface area contributed by atoms with Gasteiger partial charge in [0.05, 0.1) is 23.9 Å². The van der Waals surface area contributed by atoms with Gasteiger partial charge in [-0.15, -0.1) is 0 Å². The third-order valence-electron chi connectivity index (χ3n) is 13.8. The Bertz CT molecular complexity index is 2750. The molecule has 12 nitrogen and oxygen atoms in total. The Kier molecular flexibility index (Phi) is 12.1. The number of halogens is 3. The fourth-order valence-electron chi connectivity index (χ4n) is 10.8. The number of carbonyl (C=O) groups is 5. The van der Waals surface area contributed by atoms with E-state index in [1.807, 2.05) is 24.3 Å². The molecule has 9 rings (SSSR count). The molecule has 0 aromatic heterocycles. The number of methoxy groups -OCH3 is 1. The van der Waals surface area contributed by atoms with Crippen LogP contribution in [0.4, 0.5) is 15.8 Å². The monoisotopic (exact) mass is 932 g/mol. The van der Waals surface area contributed by atoms with Gasteiger partial charge in [-0.1, -0.05) is 80.1 Å². The summed E-state index contributed by atoms with van der Waals surface area (Å²) in [5, 5.41) is 13.1. The van der Waals surface area contributed by atoms with Crippen LogP contribution in [0.25, 0.3) is 0 Å². The number of piperidine rings is 2. The van der Waals surface area contributed by atoms with Crippen LogP contribution in [0.5, 0.6) is 5.75 Å². The minimum Gasteiger partial charge on any atom is -0.495 e. The van der Waals surface area contributed by atoms with Gasteiger partial charge in [-0.2, -0.15) is 0 Å². The van der Waals surface area contributed by atoms with E-state index >= 15 is 4.39 Å². The summed E-state index contributed by atoms with van der Waals surface area (Å²) in [7, 11) is 1.47. The molecule has 3 fully saturated rings. The first-order chi connectivity index (χ1) is 31.6. The van der Waals surface area contributed by atoms with E-state index in [0.29, 0.717) is 59.0 Å². The first kappa shape index (κ1) is 45.2. The van der Waals surface area contributed by atoms with Gasteiger partial charge in [0.25, 0.3) is 11.8 Å². The molecule has 1 spiro atoms. The SMILES string of the molecule is COc1cc(C(=O)N2CCC[C@H](C#Cc3cccc4c3CN(C3CCC(=O)NC3=O)C4=O)C2)ccc1NC(=O)[C@@H]1N[C@@H](CC(C)(C)C)[C@@]2(CNc3cc(Cl)ccc32)[C@H]1c1cccc(Cl)c1F. The summed E-state index contributed by atoms with van der Waals surface area (Å²) in [4.78, 5) is 69.9. The van der Waals surface area contributed by atoms with Crippen LogP contribution in [0.2, 0.25) is 10.0 Å². The van der Waals surface area contributed by atoms with Crippen molar-refractivity contribution in [2.24, 2.45) is 11.3 Å². The molecule has 4 N–H and O–H groups in total. The maximum atomic E-state index is 16.3. The number of likely N-dealkylation sites (tertiary alicyclic amines) is 1. The van der Waals surface area contributed by atoms with Crippen LogP contribution in [0.3, 0.4) is 0 Å². The lowest BCUT2D eigenvalue weighted by Gasteiger charge is -2.39. The molecular weight excluding hydrogens is 883 g/mol. The van der Waals surface area contributed by atoms with Gasteiger partial charge in [-0.25, -0.2) is 4.39 Å².